The Hall–Kier alpha value is -2.30. The summed E-state index contributed by atoms with van der Waals surface area (Å²) >= 11 is 0. The Morgan fingerprint density at radius 1 is 1.33 bits per heavy atom. The fraction of sp³-hybridized carbons (Fsp3) is 0.375. The molecule has 2 aliphatic rings. The van der Waals surface area contributed by atoms with Crippen molar-refractivity contribution in [2.75, 3.05) is 5.73 Å². The fourth-order valence-electron chi connectivity index (χ4n) is 3.51. The van der Waals surface area contributed by atoms with Gasteiger partial charge in [-0.3, -0.25) is 9.59 Å². The summed E-state index contributed by atoms with van der Waals surface area (Å²) in [5.41, 5.74) is 7.21. The first-order valence-corrected chi connectivity index (χ1v) is 7.15. The first kappa shape index (κ1) is 13.7. The molecule has 0 spiro atoms. The molecule has 0 radical (unpaired) electrons. The van der Waals surface area contributed by atoms with E-state index in [0.29, 0.717) is 12.1 Å². The van der Waals surface area contributed by atoms with Crippen LogP contribution in [0.1, 0.15) is 24.8 Å². The molecule has 1 aromatic carbocycles. The lowest BCUT2D eigenvalue weighted by molar-refractivity contribution is -0.143. The minimum absolute atomic E-state index is 0.0779. The second kappa shape index (κ2) is 5.24. The van der Waals surface area contributed by atoms with Crippen LogP contribution in [0.3, 0.4) is 0 Å². The number of benzene rings is 1. The molecule has 3 N–H and O–H groups in total. The highest BCUT2D eigenvalue weighted by molar-refractivity contribution is 5.93. The predicted molar refractivity (Wildman–Crippen MR) is 79.3 cm³/mol. The molecule has 2 bridgehead atoms. The van der Waals surface area contributed by atoms with E-state index in [4.69, 9.17) is 5.73 Å². The van der Waals surface area contributed by atoms with Gasteiger partial charge in [0.1, 0.15) is 0 Å². The monoisotopic (exact) mass is 286 g/mol. The number of rotatable bonds is 3. The van der Waals surface area contributed by atoms with Gasteiger partial charge >= 0.3 is 5.97 Å². The van der Waals surface area contributed by atoms with Crippen LogP contribution in [-0.2, 0) is 9.59 Å². The van der Waals surface area contributed by atoms with E-state index in [1.807, 2.05) is 12.1 Å². The average Bonchev–Trinajstić information content (AvgIpc) is 3.02. The maximum absolute atomic E-state index is 12.3. The van der Waals surface area contributed by atoms with Gasteiger partial charge in [-0.05, 0) is 43.0 Å². The number of hydrogen-bond acceptors (Lipinski definition) is 3. The van der Waals surface area contributed by atoms with E-state index in [2.05, 4.69) is 0 Å². The van der Waals surface area contributed by atoms with Crippen LogP contribution in [-0.4, -0.2) is 34.0 Å². The highest BCUT2D eigenvalue weighted by Gasteiger charge is 2.50. The van der Waals surface area contributed by atoms with Crippen molar-refractivity contribution in [1.29, 1.82) is 0 Å². The van der Waals surface area contributed by atoms with Crippen molar-refractivity contribution >= 4 is 23.6 Å². The number of hydrogen-bond donors (Lipinski definition) is 2. The topological polar surface area (TPSA) is 83.6 Å². The van der Waals surface area contributed by atoms with Crippen molar-refractivity contribution in [2.24, 2.45) is 5.92 Å². The largest absolute Gasteiger partial charge is 0.481 e. The van der Waals surface area contributed by atoms with Crippen molar-refractivity contribution in [3.8, 4) is 0 Å². The van der Waals surface area contributed by atoms with Crippen molar-refractivity contribution < 1.29 is 14.7 Å². The van der Waals surface area contributed by atoms with Gasteiger partial charge in [0, 0.05) is 23.8 Å². The Morgan fingerprint density at radius 3 is 2.81 bits per heavy atom. The molecule has 21 heavy (non-hydrogen) atoms. The maximum atomic E-state index is 12.3. The molecule has 3 atom stereocenters. The van der Waals surface area contributed by atoms with Gasteiger partial charge in [-0.2, -0.15) is 0 Å². The average molecular weight is 286 g/mol. The molecule has 5 heteroatoms. The smallest absolute Gasteiger partial charge is 0.308 e. The Bertz CT molecular complexity index is 611. The predicted octanol–water partition coefficient (Wildman–Crippen LogP) is 1.75. The number of nitrogen functional groups attached to an aromatic ring is 1. The van der Waals surface area contributed by atoms with Crippen LogP contribution in [0.5, 0.6) is 0 Å². The number of fused-ring (bicyclic) bond motifs is 2. The number of carboxylic acid groups (broad SMARTS) is 1. The molecule has 2 saturated heterocycles. The molecule has 110 valence electrons. The zero-order valence-electron chi connectivity index (χ0n) is 11.6. The molecule has 0 aromatic heterocycles. The van der Waals surface area contributed by atoms with Gasteiger partial charge < -0.3 is 15.7 Å². The van der Waals surface area contributed by atoms with Gasteiger partial charge in [-0.25, -0.2) is 0 Å². The second-order valence-corrected chi connectivity index (χ2v) is 5.73. The molecular weight excluding hydrogens is 268 g/mol. The molecule has 2 fully saturated rings. The molecule has 5 nitrogen and oxygen atoms in total. The zero-order chi connectivity index (χ0) is 15.0. The van der Waals surface area contributed by atoms with Crippen LogP contribution in [0.15, 0.2) is 30.3 Å². The number of nitrogens with zero attached hydrogens (tertiary/aromatic N) is 1. The first-order valence-electron chi connectivity index (χ1n) is 7.15. The number of anilines is 1. The maximum Gasteiger partial charge on any atom is 0.308 e. The summed E-state index contributed by atoms with van der Waals surface area (Å²) in [7, 11) is 0. The third-order valence-corrected chi connectivity index (χ3v) is 4.44. The molecule has 1 aromatic rings. The Labute approximate surface area is 123 Å². The molecular formula is C16H18N2O3. The van der Waals surface area contributed by atoms with Crippen molar-refractivity contribution in [2.45, 2.75) is 31.3 Å². The molecule has 1 amide bonds. The summed E-state index contributed by atoms with van der Waals surface area (Å²) in [6, 6.07) is 7.22. The van der Waals surface area contributed by atoms with Gasteiger partial charge in [-0.1, -0.05) is 12.1 Å². The lowest BCUT2D eigenvalue weighted by atomic mass is 9.89. The van der Waals surface area contributed by atoms with E-state index in [-0.39, 0.29) is 18.0 Å². The van der Waals surface area contributed by atoms with Crippen molar-refractivity contribution in [3.05, 3.63) is 35.9 Å². The van der Waals surface area contributed by atoms with E-state index in [0.717, 1.165) is 18.4 Å². The number of nitrogens with two attached hydrogens (primary N) is 1. The number of aliphatic carboxylic acids is 1. The first-order chi connectivity index (χ1) is 10.1. The van der Waals surface area contributed by atoms with Crippen LogP contribution >= 0.6 is 0 Å². The highest BCUT2D eigenvalue weighted by Crippen LogP contribution is 2.41. The van der Waals surface area contributed by atoms with Gasteiger partial charge in [0.15, 0.2) is 0 Å². The standard InChI is InChI=1S/C16H18N2O3/c17-11-3-1-2-10(8-11)4-7-15(19)18-12-5-6-14(18)13(9-12)16(20)21/h1-4,7-8,12-14H,5-6,9,17H2,(H,20,21)/b7-4+. The molecule has 2 heterocycles. The molecule has 0 aliphatic carbocycles. The van der Waals surface area contributed by atoms with Gasteiger partial charge in [0.05, 0.1) is 5.92 Å². The lowest BCUT2D eigenvalue weighted by Crippen LogP contribution is -2.36. The van der Waals surface area contributed by atoms with Crippen LogP contribution in [0.2, 0.25) is 0 Å². The van der Waals surface area contributed by atoms with Crippen LogP contribution in [0.4, 0.5) is 5.69 Å². The van der Waals surface area contributed by atoms with E-state index < -0.39 is 11.9 Å². The lowest BCUT2D eigenvalue weighted by Gasteiger charge is -2.21. The van der Waals surface area contributed by atoms with Crippen molar-refractivity contribution in [1.82, 2.24) is 4.90 Å². The third-order valence-electron chi connectivity index (χ3n) is 4.44. The van der Waals surface area contributed by atoms with Crippen LogP contribution in [0.25, 0.3) is 6.08 Å². The SMILES string of the molecule is Nc1cccc(/C=C/C(=O)N2C3CCC2C(C(=O)O)C3)c1. The van der Waals surface area contributed by atoms with Crippen molar-refractivity contribution in [3.63, 3.8) is 0 Å². The van der Waals surface area contributed by atoms with E-state index in [1.54, 1.807) is 23.1 Å². The summed E-state index contributed by atoms with van der Waals surface area (Å²) in [4.78, 5) is 25.3. The summed E-state index contributed by atoms with van der Waals surface area (Å²) in [5.74, 6) is -1.30. The Kier molecular flexibility index (Phi) is 3.41. The van der Waals surface area contributed by atoms with Gasteiger partial charge in [-0.15, -0.1) is 0 Å². The second-order valence-electron chi connectivity index (χ2n) is 5.73. The van der Waals surface area contributed by atoms with E-state index in [1.165, 1.54) is 6.08 Å². The summed E-state index contributed by atoms with van der Waals surface area (Å²) in [5, 5.41) is 9.20. The molecule has 2 aliphatic heterocycles. The normalized spacial score (nSPS) is 27.4. The summed E-state index contributed by atoms with van der Waals surface area (Å²) in [6.07, 6.45) is 5.53. The summed E-state index contributed by atoms with van der Waals surface area (Å²) < 4.78 is 0. The molecule has 0 saturated carbocycles. The quantitative estimate of drug-likeness (QED) is 0.655. The number of carboxylic acids is 1. The van der Waals surface area contributed by atoms with E-state index >= 15 is 0 Å². The molecule has 3 unspecified atom stereocenters. The number of amides is 1. The Balaban J connectivity index is 1.73. The van der Waals surface area contributed by atoms with E-state index in [9.17, 15) is 14.7 Å². The Morgan fingerprint density at radius 2 is 2.14 bits per heavy atom. The van der Waals surface area contributed by atoms with Crippen LogP contribution < -0.4 is 5.73 Å². The zero-order valence-corrected chi connectivity index (χ0v) is 11.6. The van der Waals surface area contributed by atoms with Gasteiger partial charge in [0.25, 0.3) is 0 Å². The fourth-order valence-corrected chi connectivity index (χ4v) is 3.51. The van der Waals surface area contributed by atoms with Gasteiger partial charge in [0.2, 0.25) is 5.91 Å². The molecule has 3 rings (SSSR count). The summed E-state index contributed by atoms with van der Waals surface area (Å²) in [6.45, 7) is 0. The van der Waals surface area contributed by atoms with Crippen LogP contribution in [0, 0.1) is 5.92 Å². The minimum Gasteiger partial charge on any atom is -0.481 e. The minimum atomic E-state index is -0.792. The number of carbonyl (C=O) groups is 2. The highest BCUT2D eigenvalue weighted by atomic mass is 16.4. The third kappa shape index (κ3) is 2.51. The number of carbonyl (C=O) groups excluding carboxylic acids is 1.